The Morgan fingerprint density at radius 3 is 2.62 bits per heavy atom. The van der Waals surface area contributed by atoms with E-state index in [2.05, 4.69) is 4.98 Å². The third kappa shape index (κ3) is 2.53. The van der Waals surface area contributed by atoms with Gasteiger partial charge in [-0.2, -0.15) is 0 Å². The Labute approximate surface area is 123 Å². The Morgan fingerprint density at radius 1 is 1.33 bits per heavy atom. The summed E-state index contributed by atoms with van der Waals surface area (Å²) in [6, 6.07) is -0.00932. The first kappa shape index (κ1) is 15.5. The van der Waals surface area contributed by atoms with Gasteiger partial charge in [-0.3, -0.25) is 13.9 Å². The van der Waals surface area contributed by atoms with E-state index in [-0.39, 0.29) is 17.3 Å². The lowest BCUT2D eigenvalue weighted by atomic mass is 10.2. The summed E-state index contributed by atoms with van der Waals surface area (Å²) in [5.74, 6) is 0. The summed E-state index contributed by atoms with van der Waals surface area (Å²) in [7, 11) is 0. The molecule has 1 unspecified atom stereocenters. The van der Waals surface area contributed by atoms with Gasteiger partial charge in [0.05, 0.1) is 6.33 Å². The van der Waals surface area contributed by atoms with E-state index >= 15 is 0 Å². The second-order valence-corrected chi connectivity index (χ2v) is 5.21. The van der Waals surface area contributed by atoms with Crippen LogP contribution < -0.4 is 17.0 Å². The molecular formula is C14H23N5O2. The van der Waals surface area contributed by atoms with Crippen molar-refractivity contribution in [2.45, 2.75) is 52.7 Å². The van der Waals surface area contributed by atoms with Gasteiger partial charge in [0.1, 0.15) is 0 Å². The highest BCUT2D eigenvalue weighted by molar-refractivity contribution is 5.70. The quantitative estimate of drug-likeness (QED) is 0.849. The van der Waals surface area contributed by atoms with Gasteiger partial charge >= 0.3 is 5.69 Å². The molecule has 2 aromatic heterocycles. The molecule has 0 bridgehead atoms. The Balaban J connectivity index is 2.84. The molecule has 2 rings (SSSR count). The van der Waals surface area contributed by atoms with E-state index in [0.717, 1.165) is 6.42 Å². The summed E-state index contributed by atoms with van der Waals surface area (Å²) >= 11 is 0. The molecule has 0 fully saturated rings. The lowest BCUT2D eigenvalue weighted by Crippen LogP contribution is -2.42. The maximum Gasteiger partial charge on any atom is 0.332 e. The van der Waals surface area contributed by atoms with E-state index in [1.807, 2.05) is 20.8 Å². The molecule has 0 aliphatic carbocycles. The van der Waals surface area contributed by atoms with Crippen molar-refractivity contribution < 1.29 is 0 Å². The largest absolute Gasteiger partial charge is 0.332 e. The lowest BCUT2D eigenvalue weighted by molar-refractivity contribution is 0.478. The van der Waals surface area contributed by atoms with Gasteiger partial charge in [0.2, 0.25) is 0 Å². The van der Waals surface area contributed by atoms with Crippen molar-refractivity contribution in [2.24, 2.45) is 5.73 Å². The molecule has 0 aromatic carbocycles. The molecule has 0 aliphatic rings. The van der Waals surface area contributed by atoms with Crippen molar-refractivity contribution in [1.29, 1.82) is 0 Å². The molecule has 0 saturated heterocycles. The zero-order chi connectivity index (χ0) is 15.6. The first-order valence-corrected chi connectivity index (χ1v) is 7.47. The van der Waals surface area contributed by atoms with Crippen LogP contribution in [0.5, 0.6) is 0 Å². The molecule has 7 heteroatoms. The molecule has 0 spiro atoms. The van der Waals surface area contributed by atoms with Crippen LogP contribution in [0.1, 0.15) is 39.7 Å². The number of aromatic nitrogens is 4. The van der Waals surface area contributed by atoms with Crippen molar-refractivity contribution in [3.05, 3.63) is 27.2 Å². The van der Waals surface area contributed by atoms with Crippen LogP contribution in [-0.2, 0) is 13.1 Å². The van der Waals surface area contributed by atoms with Gasteiger partial charge in [-0.15, -0.1) is 0 Å². The SMILES string of the molecule is CCC(C)n1c(=O)n(CCCN)c(=O)c2c1ncn2CC. The minimum atomic E-state index is -0.295. The minimum Gasteiger partial charge on any atom is -0.330 e. The van der Waals surface area contributed by atoms with E-state index in [1.165, 1.54) is 4.57 Å². The second-order valence-electron chi connectivity index (χ2n) is 5.21. The van der Waals surface area contributed by atoms with Crippen molar-refractivity contribution in [1.82, 2.24) is 18.7 Å². The molecule has 2 heterocycles. The van der Waals surface area contributed by atoms with Gasteiger partial charge in [0.25, 0.3) is 5.56 Å². The summed E-state index contributed by atoms with van der Waals surface area (Å²) in [6.07, 6.45) is 3.02. The summed E-state index contributed by atoms with van der Waals surface area (Å²) in [5, 5.41) is 0. The molecule has 21 heavy (non-hydrogen) atoms. The second kappa shape index (κ2) is 6.26. The van der Waals surface area contributed by atoms with E-state index in [1.54, 1.807) is 15.5 Å². The summed E-state index contributed by atoms with van der Waals surface area (Å²) in [4.78, 5) is 29.5. The van der Waals surface area contributed by atoms with Crippen LogP contribution in [-0.4, -0.2) is 25.2 Å². The molecule has 1 atom stereocenters. The number of nitrogens with zero attached hydrogens (tertiary/aromatic N) is 4. The number of rotatable bonds is 6. The monoisotopic (exact) mass is 293 g/mol. The van der Waals surface area contributed by atoms with E-state index in [9.17, 15) is 9.59 Å². The predicted molar refractivity (Wildman–Crippen MR) is 82.6 cm³/mol. The number of fused-ring (bicyclic) bond motifs is 1. The zero-order valence-corrected chi connectivity index (χ0v) is 12.9. The normalized spacial score (nSPS) is 13.0. The highest BCUT2D eigenvalue weighted by Gasteiger charge is 2.19. The summed E-state index contributed by atoms with van der Waals surface area (Å²) < 4.78 is 4.70. The van der Waals surface area contributed by atoms with Crippen LogP contribution in [0.2, 0.25) is 0 Å². The molecule has 0 amide bonds. The average molecular weight is 293 g/mol. The fraction of sp³-hybridized carbons (Fsp3) is 0.643. The Kier molecular flexibility index (Phi) is 4.62. The van der Waals surface area contributed by atoms with E-state index in [4.69, 9.17) is 5.73 Å². The fourth-order valence-electron chi connectivity index (χ4n) is 2.47. The molecule has 0 saturated carbocycles. The topological polar surface area (TPSA) is 87.8 Å². The Bertz CT molecular complexity index is 740. The number of hydrogen-bond acceptors (Lipinski definition) is 4. The van der Waals surface area contributed by atoms with E-state index < -0.39 is 0 Å². The van der Waals surface area contributed by atoms with Gasteiger partial charge < -0.3 is 10.3 Å². The third-order valence-electron chi connectivity index (χ3n) is 3.89. The van der Waals surface area contributed by atoms with Crippen LogP contribution in [0.4, 0.5) is 0 Å². The number of hydrogen-bond donors (Lipinski definition) is 1. The van der Waals surface area contributed by atoms with Gasteiger partial charge in [-0.1, -0.05) is 6.92 Å². The van der Waals surface area contributed by atoms with Crippen LogP contribution in [0.3, 0.4) is 0 Å². The minimum absolute atomic E-state index is 0.00932. The highest BCUT2D eigenvalue weighted by atomic mass is 16.2. The molecular weight excluding hydrogens is 270 g/mol. The van der Waals surface area contributed by atoms with Crippen molar-refractivity contribution in [2.75, 3.05) is 6.54 Å². The molecule has 2 N–H and O–H groups in total. The predicted octanol–water partition coefficient (Wildman–Crippen LogP) is 0.699. The summed E-state index contributed by atoms with van der Waals surface area (Å²) in [6.45, 7) is 7.35. The first-order chi connectivity index (χ1) is 10.1. The summed E-state index contributed by atoms with van der Waals surface area (Å²) in [5.41, 5.74) is 5.91. The number of aryl methyl sites for hydroxylation is 1. The number of imidazole rings is 1. The first-order valence-electron chi connectivity index (χ1n) is 7.47. The van der Waals surface area contributed by atoms with Gasteiger partial charge in [0.15, 0.2) is 11.2 Å². The standard InChI is InChI=1S/C14H23N5O2/c1-4-10(3)19-12-11(17(5-2)9-16-12)13(20)18(14(19)21)8-6-7-15/h9-10H,4-8,15H2,1-3H3. The van der Waals surface area contributed by atoms with Crippen molar-refractivity contribution in [3.8, 4) is 0 Å². The smallest absolute Gasteiger partial charge is 0.330 e. The third-order valence-corrected chi connectivity index (χ3v) is 3.89. The van der Waals surface area contributed by atoms with Gasteiger partial charge in [-0.05, 0) is 33.2 Å². The molecule has 7 nitrogen and oxygen atoms in total. The highest BCUT2D eigenvalue weighted by Crippen LogP contribution is 2.14. The molecule has 0 radical (unpaired) electrons. The van der Waals surface area contributed by atoms with Crippen LogP contribution in [0, 0.1) is 0 Å². The van der Waals surface area contributed by atoms with E-state index in [0.29, 0.717) is 37.2 Å². The van der Waals surface area contributed by atoms with Gasteiger partial charge in [0, 0.05) is 19.1 Å². The van der Waals surface area contributed by atoms with Gasteiger partial charge in [-0.25, -0.2) is 9.78 Å². The maximum atomic E-state index is 12.6. The number of nitrogens with two attached hydrogens (primary N) is 1. The van der Waals surface area contributed by atoms with Crippen LogP contribution >= 0.6 is 0 Å². The fourth-order valence-corrected chi connectivity index (χ4v) is 2.47. The average Bonchev–Trinajstić information content (AvgIpc) is 2.90. The Hall–Kier alpha value is -1.89. The molecule has 0 aliphatic heterocycles. The van der Waals surface area contributed by atoms with Crippen molar-refractivity contribution >= 4 is 11.2 Å². The zero-order valence-electron chi connectivity index (χ0n) is 12.9. The lowest BCUT2D eigenvalue weighted by Gasteiger charge is -2.16. The van der Waals surface area contributed by atoms with Crippen molar-refractivity contribution in [3.63, 3.8) is 0 Å². The molecule has 2 aromatic rings. The maximum absolute atomic E-state index is 12.6. The van der Waals surface area contributed by atoms with Crippen LogP contribution in [0.15, 0.2) is 15.9 Å². The molecule has 116 valence electrons. The Morgan fingerprint density at radius 2 is 2.05 bits per heavy atom. The van der Waals surface area contributed by atoms with Crippen LogP contribution in [0.25, 0.3) is 11.2 Å².